The molecule has 1 saturated heterocycles. The number of carbonyl (C=O) groups excluding carboxylic acids is 1. The maximum Gasteiger partial charge on any atom is 0.239 e. The van der Waals surface area contributed by atoms with Gasteiger partial charge in [0.15, 0.2) is 6.29 Å². The van der Waals surface area contributed by atoms with Crippen LogP contribution in [0.1, 0.15) is 6.92 Å². The van der Waals surface area contributed by atoms with Crippen LogP contribution >= 0.6 is 0 Å². The van der Waals surface area contributed by atoms with E-state index < -0.39 is 0 Å². The van der Waals surface area contributed by atoms with E-state index in [-0.39, 0.29) is 18.2 Å². The van der Waals surface area contributed by atoms with Crippen LogP contribution in [0.4, 0.5) is 0 Å². The summed E-state index contributed by atoms with van der Waals surface area (Å²) in [6.07, 6.45) is -0.324. The fourth-order valence-electron chi connectivity index (χ4n) is 1.68. The van der Waals surface area contributed by atoms with Crippen molar-refractivity contribution >= 4 is 5.91 Å². The van der Waals surface area contributed by atoms with Crippen molar-refractivity contribution in [2.24, 2.45) is 0 Å². The summed E-state index contributed by atoms with van der Waals surface area (Å²) in [4.78, 5) is 13.8. The Hall–Kier alpha value is -0.690. The third-order valence-electron chi connectivity index (χ3n) is 2.81. The molecule has 0 spiro atoms. The first-order valence-electron chi connectivity index (χ1n) is 5.84. The average Bonchev–Trinajstić information content (AvgIpc) is 2.39. The summed E-state index contributed by atoms with van der Waals surface area (Å²) in [5.41, 5.74) is 0. The van der Waals surface area contributed by atoms with Crippen LogP contribution in [0.3, 0.4) is 0 Å². The molecule has 1 aliphatic rings. The quantitative estimate of drug-likeness (QED) is 0.637. The molecule has 0 aromatic heterocycles. The average molecular weight is 246 g/mol. The molecule has 0 radical (unpaired) electrons. The molecule has 1 amide bonds. The zero-order valence-electron chi connectivity index (χ0n) is 10.8. The molecule has 1 fully saturated rings. The summed E-state index contributed by atoms with van der Waals surface area (Å²) in [6, 6.07) is -0.235. The summed E-state index contributed by atoms with van der Waals surface area (Å²) < 4.78 is 15.3. The number of morpholine rings is 1. The molecule has 17 heavy (non-hydrogen) atoms. The summed E-state index contributed by atoms with van der Waals surface area (Å²) in [5.74, 6) is 0.0965. The largest absolute Gasteiger partial charge is 0.378 e. The third-order valence-corrected chi connectivity index (χ3v) is 2.81. The highest BCUT2D eigenvalue weighted by Gasteiger charge is 2.22. The maximum atomic E-state index is 12.0. The van der Waals surface area contributed by atoms with E-state index in [9.17, 15) is 4.79 Å². The molecule has 6 heteroatoms. The molecule has 6 nitrogen and oxygen atoms in total. The Labute approximate surface area is 102 Å². The van der Waals surface area contributed by atoms with E-state index in [2.05, 4.69) is 5.32 Å². The lowest BCUT2D eigenvalue weighted by Gasteiger charge is -2.30. The van der Waals surface area contributed by atoms with Gasteiger partial charge in [0.25, 0.3) is 0 Å². The zero-order valence-corrected chi connectivity index (χ0v) is 10.8. The van der Waals surface area contributed by atoms with Gasteiger partial charge in [0.1, 0.15) is 0 Å². The van der Waals surface area contributed by atoms with Gasteiger partial charge < -0.3 is 24.4 Å². The molecule has 1 unspecified atom stereocenters. The van der Waals surface area contributed by atoms with E-state index in [0.29, 0.717) is 32.8 Å². The van der Waals surface area contributed by atoms with Crippen LogP contribution in [0.25, 0.3) is 0 Å². The number of nitrogens with zero attached hydrogens (tertiary/aromatic N) is 1. The first-order chi connectivity index (χ1) is 8.19. The van der Waals surface area contributed by atoms with E-state index in [1.165, 1.54) is 0 Å². The predicted octanol–water partition coefficient (Wildman–Crippen LogP) is -0.558. The van der Waals surface area contributed by atoms with E-state index in [1.54, 1.807) is 14.2 Å². The van der Waals surface area contributed by atoms with Gasteiger partial charge in [-0.05, 0) is 6.92 Å². The first-order valence-corrected chi connectivity index (χ1v) is 5.84. The molecule has 1 atom stereocenters. The highest BCUT2D eigenvalue weighted by Crippen LogP contribution is 2.01. The number of hydrogen-bond donors (Lipinski definition) is 1. The minimum absolute atomic E-state index is 0.0965. The standard InChI is InChI=1S/C11H22N2O4/c1-9(12-8-10(15-2)16-3)11(14)13-4-6-17-7-5-13/h9-10,12H,4-8H2,1-3H3. The molecule has 0 saturated carbocycles. The van der Waals surface area contributed by atoms with Crippen LogP contribution in [0.5, 0.6) is 0 Å². The van der Waals surface area contributed by atoms with Crippen LogP contribution in [-0.2, 0) is 19.0 Å². The fourth-order valence-corrected chi connectivity index (χ4v) is 1.68. The Morgan fingerprint density at radius 3 is 2.47 bits per heavy atom. The van der Waals surface area contributed by atoms with Crippen molar-refractivity contribution in [3.63, 3.8) is 0 Å². The van der Waals surface area contributed by atoms with Gasteiger partial charge in [-0.1, -0.05) is 0 Å². The first kappa shape index (κ1) is 14.4. The van der Waals surface area contributed by atoms with Crippen LogP contribution in [0.2, 0.25) is 0 Å². The van der Waals surface area contributed by atoms with Crippen molar-refractivity contribution in [2.75, 3.05) is 47.1 Å². The van der Waals surface area contributed by atoms with Gasteiger partial charge in [-0.15, -0.1) is 0 Å². The molecule has 1 N–H and O–H groups in total. The third kappa shape index (κ3) is 4.59. The van der Waals surface area contributed by atoms with E-state index in [0.717, 1.165) is 0 Å². The summed E-state index contributed by atoms with van der Waals surface area (Å²) in [6.45, 7) is 4.92. The van der Waals surface area contributed by atoms with Gasteiger partial charge in [-0.3, -0.25) is 4.79 Å². The topological polar surface area (TPSA) is 60.0 Å². The van der Waals surface area contributed by atoms with Gasteiger partial charge >= 0.3 is 0 Å². The number of hydrogen-bond acceptors (Lipinski definition) is 5. The van der Waals surface area contributed by atoms with Crippen molar-refractivity contribution < 1.29 is 19.0 Å². The normalized spacial score (nSPS) is 18.5. The maximum absolute atomic E-state index is 12.0. The lowest BCUT2D eigenvalue weighted by Crippen LogP contribution is -2.50. The Morgan fingerprint density at radius 2 is 1.94 bits per heavy atom. The van der Waals surface area contributed by atoms with Crippen molar-refractivity contribution in [3.8, 4) is 0 Å². The monoisotopic (exact) mass is 246 g/mol. The van der Waals surface area contributed by atoms with E-state index in [4.69, 9.17) is 14.2 Å². The number of nitrogens with one attached hydrogen (secondary N) is 1. The number of amides is 1. The number of carbonyl (C=O) groups is 1. The van der Waals surface area contributed by atoms with Crippen molar-refractivity contribution in [3.05, 3.63) is 0 Å². The molecule has 1 rings (SSSR count). The minimum atomic E-state index is -0.324. The van der Waals surface area contributed by atoms with Crippen LogP contribution in [-0.4, -0.2) is 70.2 Å². The molecular formula is C11H22N2O4. The lowest BCUT2D eigenvalue weighted by atomic mass is 10.2. The minimum Gasteiger partial charge on any atom is -0.378 e. The van der Waals surface area contributed by atoms with E-state index in [1.807, 2.05) is 11.8 Å². The molecule has 0 aromatic carbocycles. The van der Waals surface area contributed by atoms with E-state index >= 15 is 0 Å². The molecule has 0 aromatic rings. The number of ether oxygens (including phenoxy) is 3. The van der Waals surface area contributed by atoms with Crippen molar-refractivity contribution in [1.82, 2.24) is 10.2 Å². The highest BCUT2D eigenvalue weighted by molar-refractivity contribution is 5.81. The summed E-state index contributed by atoms with van der Waals surface area (Å²) in [7, 11) is 3.15. The van der Waals surface area contributed by atoms with Gasteiger partial charge in [-0.2, -0.15) is 0 Å². The van der Waals surface area contributed by atoms with Gasteiger partial charge in [0.2, 0.25) is 5.91 Å². The lowest BCUT2D eigenvalue weighted by molar-refractivity contribution is -0.138. The molecule has 100 valence electrons. The molecular weight excluding hydrogens is 224 g/mol. The van der Waals surface area contributed by atoms with Crippen molar-refractivity contribution in [1.29, 1.82) is 0 Å². The molecule has 0 aliphatic carbocycles. The van der Waals surface area contributed by atoms with Gasteiger partial charge in [0.05, 0.1) is 19.3 Å². The Morgan fingerprint density at radius 1 is 1.35 bits per heavy atom. The molecule has 1 heterocycles. The van der Waals surface area contributed by atoms with Gasteiger partial charge in [-0.25, -0.2) is 0 Å². The smallest absolute Gasteiger partial charge is 0.239 e. The zero-order chi connectivity index (χ0) is 12.7. The second-order valence-electron chi connectivity index (χ2n) is 3.97. The second kappa shape index (κ2) is 7.60. The van der Waals surface area contributed by atoms with Crippen molar-refractivity contribution in [2.45, 2.75) is 19.3 Å². The van der Waals surface area contributed by atoms with Crippen LogP contribution in [0.15, 0.2) is 0 Å². The Bertz CT molecular complexity index is 228. The predicted molar refractivity (Wildman–Crippen MR) is 62.7 cm³/mol. The number of methoxy groups -OCH3 is 2. The Balaban J connectivity index is 2.30. The van der Waals surface area contributed by atoms with Gasteiger partial charge in [0, 0.05) is 33.9 Å². The van der Waals surface area contributed by atoms with Crippen LogP contribution in [0, 0.1) is 0 Å². The molecule has 0 bridgehead atoms. The number of rotatable bonds is 6. The second-order valence-corrected chi connectivity index (χ2v) is 3.97. The fraction of sp³-hybridized carbons (Fsp3) is 0.909. The highest BCUT2D eigenvalue weighted by atomic mass is 16.7. The SMILES string of the molecule is COC(CNC(C)C(=O)N1CCOCC1)OC. The summed E-state index contributed by atoms with van der Waals surface area (Å²) >= 11 is 0. The molecule has 1 aliphatic heterocycles. The summed E-state index contributed by atoms with van der Waals surface area (Å²) in [5, 5.41) is 3.10. The van der Waals surface area contributed by atoms with Crippen LogP contribution < -0.4 is 5.32 Å². The Kier molecular flexibility index (Phi) is 6.43.